The largest absolute Gasteiger partial charge is 0.475 e. The SMILES string of the molecule is Cc1ncsc1-c1ccc(CCNC(=O)[C@@H]2C[C@H](O)CN2C(=O)[C@@H](NC(=O)COCCOCCOCCOCCOCCOCCOc2ccc(-c3ccc4c(c3)[nH]c3ccncc34)cn2)C(C)(C)C)cc1. The standard InChI is InChI=1S/C53H67N7O11S/c1-36-49(72-35-57-36)38-7-5-37(6-8-38)13-16-55-51(63)46-30-41(61)33-60(46)52(64)50(53(2,3)4)59-47(62)34-70-26-25-68-22-21-66-18-17-65-19-20-67-23-24-69-27-28-71-48-12-10-40(31-56-48)39-9-11-42-43-32-54-15-14-44(43)58-45(42)29-39/h5-12,14-15,29,31-32,35,41,46,50,58,61H,13,16-28,30,33-34H2,1-4H3,(H,55,63)(H,59,62)/t41-,46-,50+/m0/s1. The Morgan fingerprint density at radius 1 is 0.764 bits per heavy atom. The molecule has 3 atom stereocenters. The molecule has 7 rings (SSSR count). The van der Waals surface area contributed by atoms with Crippen molar-refractivity contribution < 1.29 is 52.6 Å². The van der Waals surface area contributed by atoms with E-state index in [2.05, 4.69) is 48.8 Å². The van der Waals surface area contributed by atoms with Crippen LogP contribution in [0.25, 0.3) is 43.4 Å². The Hall–Kier alpha value is -5.90. The maximum Gasteiger partial charge on any atom is 0.246 e. The van der Waals surface area contributed by atoms with Crippen molar-refractivity contribution in [3.63, 3.8) is 0 Å². The van der Waals surface area contributed by atoms with Crippen LogP contribution >= 0.6 is 11.3 Å². The summed E-state index contributed by atoms with van der Waals surface area (Å²) in [6.45, 7) is 12.0. The summed E-state index contributed by atoms with van der Waals surface area (Å²) in [6.07, 6.45) is 5.32. The third-order valence-electron chi connectivity index (χ3n) is 12.0. The summed E-state index contributed by atoms with van der Waals surface area (Å²) < 4.78 is 39.1. The normalized spacial score (nSPS) is 15.3. The van der Waals surface area contributed by atoms with Gasteiger partial charge in [0.15, 0.2) is 0 Å². The highest BCUT2D eigenvalue weighted by molar-refractivity contribution is 7.13. The first-order valence-corrected chi connectivity index (χ1v) is 25.3. The van der Waals surface area contributed by atoms with Gasteiger partial charge in [-0.2, -0.15) is 0 Å². The van der Waals surface area contributed by atoms with Crippen LogP contribution in [0.2, 0.25) is 0 Å². The Kier molecular flexibility index (Phi) is 20.4. The van der Waals surface area contributed by atoms with Crippen molar-refractivity contribution in [3.05, 3.63) is 96.0 Å². The van der Waals surface area contributed by atoms with Gasteiger partial charge in [-0.15, -0.1) is 11.3 Å². The lowest BCUT2D eigenvalue weighted by Crippen LogP contribution is -2.58. The topological polar surface area (TPSA) is 218 Å². The molecule has 1 saturated heterocycles. The molecule has 1 fully saturated rings. The van der Waals surface area contributed by atoms with Crippen LogP contribution in [0.15, 0.2) is 84.8 Å². The van der Waals surface area contributed by atoms with Crippen LogP contribution < -0.4 is 15.4 Å². The Morgan fingerprint density at radius 3 is 2.03 bits per heavy atom. The Bertz CT molecular complexity index is 2640. The summed E-state index contributed by atoms with van der Waals surface area (Å²) in [6, 6.07) is 18.5. The fraction of sp³-hybridized carbons (Fsp3) is 0.472. The number of carbonyl (C=O) groups is 3. The van der Waals surface area contributed by atoms with Gasteiger partial charge in [-0.3, -0.25) is 19.4 Å². The third-order valence-corrected chi connectivity index (χ3v) is 13.0. The molecule has 4 aromatic heterocycles. The van der Waals surface area contributed by atoms with Crippen LogP contribution in [-0.4, -0.2) is 165 Å². The molecule has 3 amide bonds. The first-order chi connectivity index (χ1) is 34.9. The molecule has 386 valence electrons. The van der Waals surface area contributed by atoms with E-state index in [0.29, 0.717) is 84.9 Å². The molecule has 18 nitrogen and oxygen atoms in total. The van der Waals surface area contributed by atoms with Crippen molar-refractivity contribution in [2.45, 2.75) is 58.7 Å². The van der Waals surface area contributed by atoms with E-state index < -0.39 is 35.4 Å². The zero-order valence-electron chi connectivity index (χ0n) is 41.6. The molecule has 0 spiro atoms. The third kappa shape index (κ3) is 15.8. The van der Waals surface area contributed by atoms with Crippen LogP contribution in [0, 0.1) is 12.3 Å². The molecule has 72 heavy (non-hydrogen) atoms. The number of aromatic amines is 1. The van der Waals surface area contributed by atoms with Crippen molar-refractivity contribution in [2.24, 2.45) is 5.41 Å². The number of likely N-dealkylation sites (tertiary alicyclic amines) is 1. The number of pyridine rings is 2. The van der Waals surface area contributed by atoms with Gasteiger partial charge in [0.1, 0.15) is 25.3 Å². The van der Waals surface area contributed by atoms with E-state index >= 15 is 0 Å². The zero-order chi connectivity index (χ0) is 50.7. The van der Waals surface area contributed by atoms with Crippen LogP contribution in [0.5, 0.6) is 5.88 Å². The van der Waals surface area contributed by atoms with Crippen molar-refractivity contribution in [1.82, 2.24) is 35.5 Å². The number of hydrogen-bond donors (Lipinski definition) is 4. The minimum absolute atomic E-state index is 0.00490. The number of fused-ring (bicyclic) bond motifs is 3. The molecule has 1 aliphatic heterocycles. The van der Waals surface area contributed by atoms with E-state index in [0.717, 1.165) is 54.6 Å². The summed E-state index contributed by atoms with van der Waals surface area (Å²) in [5, 5.41) is 18.5. The zero-order valence-corrected chi connectivity index (χ0v) is 42.4. The maximum absolute atomic E-state index is 13.9. The monoisotopic (exact) mass is 1010 g/mol. The van der Waals surface area contributed by atoms with Gasteiger partial charge in [0.25, 0.3) is 0 Å². The lowest BCUT2D eigenvalue weighted by Gasteiger charge is -2.35. The highest BCUT2D eigenvalue weighted by Gasteiger charge is 2.44. The first-order valence-electron chi connectivity index (χ1n) is 24.4. The molecule has 4 N–H and O–H groups in total. The second-order valence-corrected chi connectivity index (χ2v) is 19.3. The predicted octanol–water partition coefficient (Wildman–Crippen LogP) is 5.54. The molecule has 5 heterocycles. The predicted molar refractivity (Wildman–Crippen MR) is 274 cm³/mol. The van der Waals surface area contributed by atoms with Crippen LogP contribution in [0.4, 0.5) is 0 Å². The van der Waals surface area contributed by atoms with Gasteiger partial charge in [0, 0.05) is 71.5 Å². The quantitative estimate of drug-likeness (QED) is 0.0425. The van der Waals surface area contributed by atoms with E-state index in [9.17, 15) is 19.5 Å². The lowest BCUT2D eigenvalue weighted by atomic mass is 9.85. The number of nitrogens with zero attached hydrogens (tertiary/aromatic N) is 4. The molecular weight excluding hydrogens is 943 g/mol. The maximum atomic E-state index is 13.9. The fourth-order valence-electron chi connectivity index (χ4n) is 8.20. The summed E-state index contributed by atoms with van der Waals surface area (Å²) in [4.78, 5) is 59.2. The molecule has 0 saturated carbocycles. The van der Waals surface area contributed by atoms with Crippen LogP contribution in [-0.2, 0) is 49.2 Å². The number of hydrogen-bond acceptors (Lipinski definition) is 15. The summed E-state index contributed by atoms with van der Waals surface area (Å²) >= 11 is 1.60. The number of ether oxygens (including phenoxy) is 7. The number of carbonyl (C=O) groups excluding carboxylic acids is 3. The van der Waals surface area contributed by atoms with Crippen molar-refractivity contribution in [1.29, 1.82) is 0 Å². The second kappa shape index (κ2) is 27.2. The van der Waals surface area contributed by atoms with Gasteiger partial charge >= 0.3 is 0 Å². The molecule has 0 unspecified atom stereocenters. The molecule has 6 aromatic rings. The summed E-state index contributed by atoms with van der Waals surface area (Å²) in [5.41, 5.74) is 8.45. The van der Waals surface area contributed by atoms with Crippen LogP contribution in [0.1, 0.15) is 38.4 Å². The molecule has 0 bridgehead atoms. The molecule has 0 radical (unpaired) electrons. The van der Waals surface area contributed by atoms with Crippen molar-refractivity contribution >= 4 is 50.9 Å². The number of benzene rings is 2. The smallest absolute Gasteiger partial charge is 0.246 e. The van der Waals surface area contributed by atoms with Crippen molar-refractivity contribution in [3.8, 4) is 27.4 Å². The molecule has 19 heteroatoms. The summed E-state index contributed by atoms with van der Waals surface area (Å²) in [5.74, 6) is -0.721. The van der Waals surface area contributed by atoms with Gasteiger partial charge in [-0.25, -0.2) is 9.97 Å². The first kappa shape index (κ1) is 53.9. The fourth-order valence-corrected chi connectivity index (χ4v) is 9.02. The van der Waals surface area contributed by atoms with Gasteiger partial charge in [0.05, 0.1) is 94.9 Å². The number of aliphatic hydroxyl groups is 1. The van der Waals surface area contributed by atoms with Gasteiger partial charge in [0.2, 0.25) is 23.6 Å². The Labute approximate surface area is 424 Å². The van der Waals surface area contributed by atoms with E-state index in [1.54, 1.807) is 23.7 Å². The number of β-amino-alcohol motifs (C(OH)–C–C–N with tert-alkyl or cyclic N) is 1. The van der Waals surface area contributed by atoms with Gasteiger partial charge in [-0.05, 0) is 53.6 Å². The minimum Gasteiger partial charge on any atom is -0.475 e. The molecular formula is C53H67N7O11S. The van der Waals surface area contributed by atoms with Crippen LogP contribution in [0.3, 0.4) is 0 Å². The highest BCUT2D eigenvalue weighted by Crippen LogP contribution is 2.31. The molecule has 2 aromatic carbocycles. The van der Waals surface area contributed by atoms with E-state index in [-0.39, 0.29) is 38.7 Å². The average molecular weight is 1010 g/mol. The number of thiazole rings is 1. The molecule has 1 aliphatic rings. The number of aromatic nitrogens is 4. The minimum atomic E-state index is -0.953. The Balaban J connectivity index is 0.658. The molecule has 0 aliphatic carbocycles. The number of H-pyrrole nitrogens is 1. The number of aliphatic hydroxyl groups excluding tert-OH is 1. The average Bonchev–Trinajstić information content (AvgIpc) is 4.10. The number of amides is 3. The van der Waals surface area contributed by atoms with Gasteiger partial charge < -0.3 is 58.8 Å². The highest BCUT2D eigenvalue weighted by atomic mass is 32.1. The summed E-state index contributed by atoms with van der Waals surface area (Å²) in [7, 11) is 0. The van der Waals surface area contributed by atoms with E-state index in [1.165, 1.54) is 4.90 Å². The Morgan fingerprint density at radius 2 is 1.40 bits per heavy atom. The number of nitrogens with one attached hydrogen (secondary N) is 3. The van der Waals surface area contributed by atoms with Gasteiger partial charge in [-0.1, -0.05) is 57.2 Å². The second-order valence-electron chi connectivity index (χ2n) is 18.4. The number of aryl methyl sites for hydroxylation is 1. The lowest BCUT2D eigenvalue weighted by molar-refractivity contribution is -0.144. The van der Waals surface area contributed by atoms with E-state index in [4.69, 9.17) is 33.2 Å². The van der Waals surface area contributed by atoms with E-state index in [1.807, 2.05) is 81.9 Å². The van der Waals surface area contributed by atoms with Crippen molar-refractivity contribution in [2.75, 3.05) is 99.0 Å². The number of rotatable bonds is 29.